The minimum absolute atomic E-state index is 0.120. The molecule has 0 spiro atoms. The summed E-state index contributed by atoms with van der Waals surface area (Å²) in [5.74, 6) is 0.503. The van der Waals surface area contributed by atoms with Gasteiger partial charge in [-0.05, 0) is 35.9 Å². The molecule has 1 fully saturated rings. The first kappa shape index (κ1) is 17.8. The maximum Gasteiger partial charge on any atom is 0.219 e. The lowest BCUT2D eigenvalue weighted by Crippen LogP contribution is -2.27. The monoisotopic (exact) mass is 388 g/mol. The molecule has 27 heavy (non-hydrogen) atoms. The maximum absolute atomic E-state index is 14.9. The van der Waals surface area contributed by atoms with Crippen LogP contribution < -0.4 is 4.74 Å². The Labute approximate surface area is 159 Å². The topological polar surface area (TPSA) is 47.5 Å². The third-order valence-electron chi connectivity index (χ3n) is 4.38. The summed E-state index contributed by atoms with van der Waals surface area (Å²) < 4.78 is 38.9. The van der Waals surface area contributed by atoms with E-state index >= 15 is 0 Å². The molecule has 0 amide bonds. The minimum Gasteiger partial charge on any atom is -0.437 e. The molecule has 4 nitrogen and oxygen atoms in total. The summed E-state index contributed by atoms with van der Waals surface area (Å²) in [6.45, 7) is 0.251. The van der Waals surface area contributed by atoms with Gasteiger partial charge in [0.1, 0.15) is 17.7 Å². The lowest BCUT2D eigenvalue weighted by molar-refractivity contribution is 0.156. The van der Waals surface area contributed by atoms with Crippen molar-refractivity contribution in [1.82, 2.24) is 9.97 Å². The van der Waals surface area contributed by atoms with Crippen LogP contribution in [0, 0.1) is 5.82 Å². The Morgan fingerprint density at radius 2 is 1.85 bits per heavy atom. The van der Waals surface area contributed by atoms with Gasteiger partial charge in [0.05, 0.1) is 23.5 Å². The van der Waals surface area contributed by atoms with E-state index in [4.69, 9.17) is 21.1 Å². The first-order valence-electron chi connectivity index (χ1n) is 8.33. The molecule has 2 unspecified atom stereocenters. The van der Waals surface area contributed by atoms with Gasteiger partial charge in [-0.15, -0.1) is 0 Å². The molecule has 0 N–H and O–H groups in total. The van der Waals surface area contributed by atoms with Crippen LogP contribution in [-0.4, -0.2) is 22.7 Å². The Morgan fingerprint density at radius 1 is 1.07 bits per heavy atom. The number of hydrogen-bond donors (Lipinski definition) is 0. The van der Waals surface area contributed by atoms with Gasteiger partial charge in [-0.2, -0.15) is 0 Å². The Hall–Kier alpha value is -2.57. The molecule has 0 bridgehead atoms. The van der Waals surface area contributed by atoms with Gasteiger partial charge in [0, 0.05) is 18.7 Å². The van der Waals surface area contributed by atoms with Crippen molar-refractivity contribution in [3.63, 3.8) is 0 Å². The van der Waals surface area contributed by atoms with Crippen molar-refractivity contribution in [1.29, 1.82) is 0 Å². The molecule has 1 aromatic carbocycles. The Bertz CT molecular complexity index is 914. The summed E-state index contributed by atoms with van der Waals surface area (Å²) in [6.07, 6.45) is 1.81. The molecular formula is C20H15ClF2N2O2. The number of ether oxygens (including phenoxy) is 2. The molecule has 1 aliphatic rings. The van der Waals surface area contributed by atoms with Crippen molar-refractivity contribution in [3.8, 4) is 11.6 Å². The number of rotatable bonds is 6. The van der Waals surface area contributed by atoms with Gasteiger partial charge in [-0.25, -0.2) is 13.8 Å². The predicted molar refractivity (Wildman–Crippen MR) is 96.2 cm³/mol. The largest absolute Gasteiger partial charge is 0.437 e. The summed E-state index contributed by atoms with van der Waals surface area (Å²) in [5, 5.41) is 0.513. The number of aromatic nitrogens is 2. The SMILES string of the molecule is Fc1ccc(CC(F)C2(c3ccc(Oc4ccc(Cl)cn4)cn3)CO2)cc1. The third kappa shape index (κ3) is 3.91. The zero-order chi connectivity index (χ0) is 18.9. The van der Waals surface area contributed by atoms with E-state index < -0.39 is 11.8 Å². The van der Waals surface area contributed by atoms with Crippen LogP contribution in [0.5, 0.6) is 11.6 Å². The van der Waals surface area contributed by atoms with Crippen molar-refractivity contribution in [2.24, 2.45) is 0 Å². The molecule has 3 aromatic rings. The summed E-state index contributed by atoms with van der Waals surface area (Å²) in [4.78, 5) is 8.34. The summed E-state index contributed by atoms with van der Waals surface area (Å²) in [5.41, 5.74) is 0.131. The molecule has 0 saturated carbocycles. The zero-order valence-electron chi connectivity index (χ0n) is 14.1. The number of nitrogens with zero attached hydrogens (tertiary/aromatic N) is 2. The standard InChI is InChI=1S/C20H15ClF2N2O2/c21-14-3-8-19(25-10-14)27-16-6-7-18(24-11-16)20(12-26-20)17(23)9-13-1-4-15(22)5-2-13/h1-8,10-11,17H,9,12H2. The first-order chi connectivity index (χ1) is 13.0. The first-order valence-corrected chi connectivity index (χ1v) is 8.71. The van der Waals surface area contributed by atoms with Crippen LogP contribution in [0.15, 0.2) is 60.9 Å². The quantitative estimate of drug-likeness (QED) is 0.565. The molecule has 0 aliphatic carbocycles. The van der Waals surface area contributed by atoms with Crippen LogP contribution in [0.25, 0.3) is 0 Å². The highest BCUT2D eigenvalue weighted by Crippen LogP contribution is 2.44. The second-order valence-electron chi connectivity index (χ2n) is 6.27. The van der Waals surface area contributed by atoms with Crippen LogP contribution in [0.4, 0.5) is 8.78 Å². The van der Waals surface area contributed by atoms with Gasteiger partial charge in [-0.1, -0.05) is 23.7 Å². The normalized spacial score (nSPS) is 19.5. The molecule has 1 saturated heterocycles. The summed E-state index contributed by atoms with van der Waals surface area (Å²) in [7, 11) is 0. The highest BCUT2D eigenvalue weighted by molar-refractivity contribution is 6.30. The Balaban J connectivity index is 1.45. The molecular weight excluding hydrogens is 374 g/mol. The van der Waals surface area contributed by atoms with Gasteiger partial charge in [-0.3, -0.25) is 4.98 Å². The molecule has 0 radical (unpaired) electrons. The lowest BCUT2D eigenvalue weighted by atomic mass is 9.94. The van der Waals surface area contributed by atoms with Crippen molar-refractivity contribution < 1.29 is 18.3 Å². The van der Waals surface area contributed by atoms with Gasteiger partial charge in [0.15, 0.2) is 5.60 Å². The smallest absolute Gasteiger partial charge is 0.219 e. The average Bonchev–Trinajstić information content (AvgIpc) is 3.48. The Kier molecular flexibility index (Phi) is 4.76. The highest BCUT2D eigenvalue weighted by Gasteiger charge is 2.55. The number of benzene rings is 1. The van der Waals surface area contributed by atoms with Crippen molar-refractivity contribution in [3.05, 3.63) is 83.0 Å². The van der Waals surface area contributed by atoms with Crippen LogP contribution in [0.3, 0.4) is 0 Å². The van der Waals surface area contributed by atoms with E-state index in [2.05, 4.69) is 9.97 Å². The number of halogens is 3. The molecule has 138 valence electrons. The number of epoxide rings is 1. The van der Waals surface area contributed by atoms with Gasteiger partial charge in [0.25, 0.3) is 0 Å². The van der Waals surface area contributed by atoms with E-state index in [1.54, 1.807) is 36.4 Å². The fourth-order valence-corrected chi connectivity index (χ4v) is 2.91. The third-order valence-corrected chi connectivity index (χ3v) is 4.61. The van der Waals surface area contributed by atoms with Crippen molar-refractivity contribution >= 4 is 11.6 Å². The minimum atomic E-state index is -1.29. The van der Waals surface area contributed by atoms with E-state index in [0.717, 1.165) is 0 Å². The predicted octanol–water partition coefficient (Wildman–Crippen LogP) is 4.87. The van der Waals surface area contributed by atoms with E-state index in [1.165, 1.54) is 24.5 Å². The molecule has 7 heteroatoms. The average molecular weight is 389 g/mol. The van der Waals surface area contributed by atoms with E-state index in [1.807, 2.05) is 0 Å². The molecule has 2 aromatic heterocycles. The Morgan fingerprint density at radius 3 is 2.44 bits per heavy atom. The van der Waals surface area contributed by atoms with E-state index in [-0.39, 0.29) is 18.8 Å². The van der Waals surface area contributed by atoms with Crippen LogP contribution in [-0.2, 0) is 16.8 Å². The van der Waals surface area contributed by atoms with Crippen LogP contribution in [0.1, 0.15) is 11.3 Å². The second kappa shape index (κ2) is 7.21. The van der Waals surface area contributed by atoms with Crippen molar-refractivity contribution in [2.75, 3.05) is 6.61 Å². The van der Waals surface area contributed by atoms with Crippen molar-refractivity contribution in [2.45, 2.75) is 18.2 Å². The summed E-state index contributed by atoms with van der Waals surface area (Å²) >= 11 is 5.79. The number of pyridine rings is 2. The van der Waals surface area contributed by atoms with E-state index in [9.17, 15) is 8.78 Å². The van der Waals surface area contributed by atoms with Gasteiger partial charge in [0.2, 0.25) is 5.88 Å². The second-order valence-corrected chi connectivity index (χ2v) is 6.71. The van der Waals surface area contributed by atoms with Crippen LogP contribution >= 0.6 is 11.6 Å². The van der Waals surface area contributed by atoms with Crippen LogP contribution in [0.2, 0.25) is 5.02 Å². The molecule has 4 rings (SSSR count). The van der Waals surface area contributed by atoms with Gasteiger partial charge >= 0.3 is 0 Å². The van der Waals surface area contributed by atoms with Gasteiger partial charge < -0.3 is 9.47 Å². The fourth-order valence-electron chi connectivity index (χ4n) is 2.79. The summed E-state index contributed by atoms with van der Waals surface area (Å²) in [6, 6.07) is 12.4. The maximum atomic E-state index is 14.9. The molecule has 3 heterocycles. The number of hydrogen-bond acceptors (Lipinski definition) is 4. The fraction of sp³-hybridized carbons (Fsp3) is 0.200. The van der Waals surface area contributed by atoms with E-state index in [0.29, 0.717) is 27.9 Å². The lowest BCUT2D eigenvalue weighted by Gasteiger charge is -2.17. The highest BCUT2D eigenvalue weighted by atomic mass is 35.5. The zero-order valence-corrected chi connectivity index (χ0v) is 14.9. The molecule has 1 aliphatic heterocycles. The molecule has 2 atom stereocenters. The number of alkyl halides is 1.